The highest BCUT2D eigenvalue weighted by Crippen LogP contribution is 2.43. The molecule has 4 aromatic rings. The van der Waals surface area contributed by atoms with Gasteiger partial charge in [-0.1, -0.05) is 23.7 Å². The van der Waals surface area contributed by atoms with Crippen molar-refractivity contribution in [1.29, 1.82) is 0 Å². The first-order valence-electron chi connectivity index (χ1n) is 12.6. The molecule has 1 saturated carbocycles. The normalized spacial score (nSPS) is 19.9. The van der Waals surface area contributed by atoms with Crippen LogP contribution in [0.5, 0.6) is 0 Å². The highest BCUT2D eigenvalue weighted by atomic mass is 35.5. The number of nitrogens with zero attached hydrogens (tertiary/aromatic N) is 6. The van der Waals surface area contributed by atoms with E-state index < -0.39 is 11.9 Å². The standard InChI is InChI=1S/C27H25ClN8O3/c1-14-30-11-17(12-31-14)15-6-8-20-19(10-15)24(26(29)38)34-35(20)13-23(37)36-18-7-5-16(9-18)25(36)27(39)33-22-4-2-3-21(28)32-22/h2-4,6,8,10-12,16,18,25H,5,7,9,13H2,1H3,(H2,29,38)(H,32,33,39). The number of benzene rings is 1. The lowest BCUT2D eigenvalue weighted by molar-refractivity contribution is -0.141. The quantitative estimate of drug-likeness (QED) is 0.354. The van der Waals surface area contributed by atoms with Gasteiger partial charge in [0, 0.05) is 29.4 Å². The summed E-state index contributed by atoms with van der Waals surface area (Å²) in [5.41, 5.74) is 7.87. The van der Waals surface area contributed by atoms with Gasteiger partial charge in [-0.05, 0) is 61.9 Å². The molecule has 0 radical (unpaired) electrons. The van der Waals surface area contributed by atoms with E-state index in [9.17, 15) is 14.4 Å². The summed E-state index contributed by atoms with van der Waals surface area (Å²) in [6, 6.07) is 9.77. The Morgan fingerprint density at radius 3 is 2.64 bits per heavy atom. The van der Waals surface area contributed by atoms with E-state index in [1.54, 1.807) is 54.5 Å². The summed E-state index contributed by atoms with van der Waals surface area (Å²) in [7, 11) is 0. The molecule has 1 aromatic carbocycles. The number of halogens is 1. The number of likely N-dealkylation sites (tertiary alicyclic amines) is 1. The molecule has 6 rings (SSSR count). The number of nitrogens with one attached hydrogen (secondary N) is 1. The predicted octanol–water partition coefficient (Wildman–Crippen LogP) is 2.97. The Hall–Kier alpha value is -4.38. The van der Waals surface area contributed by atoms with Crippen LogP contribution in [0.25, 0.3) is 22.0 Å². The van der Waals surface area contributed by atoms with Gasteiger partial charge in [-0.15, -0.1) is 0 Å². The van der Waals surface area contributed by atoms with Crippen LogP contribution in [0.3, 0.4) is 0 Å². The van der Waals surface area contributed by atoms with Crippen LogP contribution in [-0.2, 0) is 16.1 Å². The fraction of sp³-hybridized carbons (Fsp3) is 0.296. The minimum Gasteiger partial charge on any atom is -0.364 e. The average molecular weight is 545 g/mol. The molecule has 3 unspecified atom stereocenters. The predicted molar refractivity (Wildman–Crippen MR) is 144 cm³/mol. The van der Waals surface area contributed by atoms with Crippen molar-refractivity contribution in [3.63, 3.8) is 0 Å². The molecule has 3 aromatic heterocycles. The van der Waals surface area contributed by atoms with Gasteiger partial charge in [-0.2, -0.15) is 5.10 Å². The zero-order chi connectivity index (χ0) is 27.3. The molecule has 198 valence electrons. The molecule has 3 amide bonds. The molecule has 4 heterocycles. The van der Waals surface area contributed by atoms with Crippen molar-refractivity contribution >= 4 is 46.0 Å². The number of anilines is 1. The van der Waals surface area contributed by atoms with Crippen molar-refractivity contribution in [2.45, 2.75) is 44.8 Å². The summed E-state index contributed by atoms with van der Waals surface area (Å²) in [6.07, 6.45) is 5.88. The fourth-order valence-corrected chi connectivity index (χ4v) is 5.94. The van der Waals surface area contributed by atoms with Gasteiger partial charge in [-0.3, -0.25) is 19.1 Å². The Morgan fingerprint density at radius 2 is 1.90 bits per heavy atom. The summed E-state index contributed by atoms with van der Waals surface area (Å²) in [6.45, 7) is 1.66. The smallest absolute Gasteiger partial charge is 0.269 e. The molecule has 3 atom stereocenters. The van der Waals surface area contributed by atoms with E-state index in [0.717, 1.165) is 30.4 Å². The van der Waals surface area contributed by atoms with Crippen LogP contribution in [0.2, 0.25) is 5.15 Å². The summed E-state index contributed by atoms with van der Waals surface area (Å²) < 4.78 is 1.48. The summed E-state index contributed by atoms with van der Waals surface area (Å²) in [5, 5.41) is 8.00. The third-order valence-electron chi connectivity index (χ3n) is 7.49. The lowest BCUT2D eigenvalue weighted by atomic mass is 9.97. The molecule has 1 aliphatic carbocycles. The van der Waals surface area contributed by atoms with Gasteiger partial charge < -0.3 is 16.0 Å². The SMILES string of the molecule is Cc1ncc(-c2ccc3c(c2)c(C(N)=O)nn3CC(=O)N2C3CCC(C3)C2C(=O)Nc2cccc(Cl)n2)cn1. The summed E-state index contributed by atoms with van der Waals surface area (Å²) >= 11 is 5.97. The highest BCUT2D eigenvalue weighted by Gasteiger charge is 2.51. The molecule has 1 saturated heterocycles. The Balaban J connectivity index is 1.29. The zero-order valence-electron chi connectivity index (χ0n) is 21.0. The Kier molecular flexibility index (Phi) is 6.22. The van der Waals surface area contributed by atoms with Crippen LogP contribution < -0.4 is 11.1 Å². The monoisotopic (exact) mass is 544 g/mol. The van der Waals surface area contributed by atoms with E-state index in [4.69, 9.17) is 17.3 Å². The number of rotatable bonds is 6. The van der Waals surface area contributed by atoms with Crippen LogP contribution in [-0.4, -0.2) is 59.4 Å². The fourth-order valence-electron chi connectivity index (χ4n) is 5.78. The van der Waals surface area contributed by atoms with Crippen LogP contribution in [0.15, 0.2) is 48.8 Å². The Labute approximate surface area is 228 Å². The van der Waals surface area contributed by atoms with E-state index in [0.29, 0.717) is 22.5 Å². The Bertz CT molecular complexity index is 1620. The van der Waals surface area contributed by atoms with Crippen LogP contribution in [0, 0.1) is 12.8 Å². The zero-order valence-corrected chi connectivity index (χ0v) is 21.8. The van der Waals surface area contributed by atoms with Gasteiger partial charge in [0.05, 0.1) is 5.52 Å². The molecule has 2 fully saturated rings. The molecule has 39 heavy (non-hydrogen) atoms. The number of aryl methyl sites for hydroxylation is 1. The van der Waals surface area contributed by atoms with Crippen molar-refractivity contribution in [2.75, 3.05) is 5.32 Å². The van der Waals surface area contributed by atoms with E-state index in [1.165, 1.54) is 4.68 Å². The highest BCUT2D eigenvalue weighted by molar-refractivity contribution is 6.29. The number of nitrogens with two attached hydrogens (primary N) is 1. The number of hydrogen-bond donors (Lipinski definition) is 2. The number of carbonyl (C=O) groups excluding carboxylic acids is 3. The number of piperidine rings is 1. The van der Waals surface area contributed by atoms with Crippen molar-refractivity contribution < 1.29 is 14.4 Å². The van der Waals surface area contributed by atoms with Gasteiger partial charge in [0.1, 0.15) is 29.4 Å². The van der Waals surface area contributed by atoms with Crippen LogP contribution in [0.4, 0.5) is 5.82 Å². The van der Waals surface area contributed by atoms with Crippen molar-refractivity contribution in [1.82, 2.24) is 29.6 Å². The second kappa shape index (κ2) is 9.73. The Morgan fingerprint density at radius 1 is 1.10 bits per heavy atom. The summed E-state index contributed by atoms with van der Waals surface area (Å²) in [4.78, 5) is 53.5. The summed E-state index contributed by atoms with van der Waals surface area (Å²) in [5.74, 6) is -0.198. The van der Waals surface area contributed by atoms with E-state index in [-0.39, 0.29) is 41.2 Å². The third-order valence-corrected chi connectivity index (χ3v) is 7.70. The van der Waals surface area contributed by atoms with Crippen molar-refractivity contribution in [3.05, 3.63) is 65.5 Å². The minimum absolute atomic E-state index is 0.0313. The van der Waals surface area contributed by atoms with Crippen molar-refractivity contribution in [2.24, 2.45) is 11.7 Å². The molecule has 12 heteroatoms. The largest absolute Gasteiger partial charge is 0.364 e. The molecule has 0 spiro atoms. The third kappa shape index (κ3) is 4.59. The average Bonchev–Trinajstić information content (AvgIpc) is 3.62. The molecular formula is C27H25ClN8O3. The lowest BCUT2D eigenvalue weighted by Gasteiger charge is -2.34. The van der Waals surface area contributed by atoms with Crippen LogP contribution >= 0.6 is 11.6 Å². The van der Waals surface area contributed by atoms with Gasteiger partial charge in [-0.25, -0.2) is 15.0 Å². The molecule has 2 aliphatic rings. The maximum absolute atomic E-state index is 13.7. The first-order valence-corrected chi connectivity index (χ1v) is 13.0. The topological polar surface area (TPSA) is 149 Å². The second-order valence-electron chi connectivity index (χ2n) is 9.93. The molecule has 11 nitrogen and oxygen atoms in total. The number of amides is 3. The molecule has 2 bridgehead atoms. The first kappa shape index (κ1) is 24.9. The maximum atomic E-state index is 13.7. The van der Waals surface area contributed by atoms with E-state index >= 15 is 0 Å². The van der Waals surface area contributed by atoms with Gasteiger partial charge >= 0.3 is 0 Å². The van der Waals surface area contributed by atoms with Gasteiger partial charge in [0.2, 0.25) is 11.8 Å². The van der Waals surface area contributed by atoms with Crippen LogP contribution in [0.1, 0.15) is 35.6 Å². The van der Waals surface area contributed by atoms with E-state index in [1.807, 2.05) is 6.07 Å². The number of pyridine rings is 1. The number of aromatic nitrogens is 5. The van der Waals surface area contributed by atoms with Gasteiger partial charge in [0.25, 0.3) is 5.91 Å². The first-order chi connectivity index (χ1) is 18.8. The number of primary amides is 1. The second-order valence-corrected chi connectivity index (χ2v) is 10.3. The van der Waals surface area contributed by atoms with Gasteiger partial charge in [0.15, 0.2) is 5.69 Å². The van der Waals surface area contributed by atoms with E-state index in [2.05, 4.69) is 25.4 Å². The number of carbonyl (C=O) groups is 3. The molecule has 1 aliphatic heterocycles. The minimum atomic E-state index is -0.699. The molecular weight excluding hydrogens is 520 g/mol. The molecule has 3 N–H and O–H groups in total. The number of fused-ring (bicyclic) bond motifs is 3. The van der Waals surface area contributed by atoms with Crippen molar-refractivity contribution in [3.8, 4) is 11.1 Å². The number of hydrogen-bond acceptors (Lipinski definition) is 7. The maximum Gasteiger partial charge on any atom is 0.269 e. The lowest BCUT2D eigenvalue weighted by Crippen LogP contribution is -2.52.